The second-order valence-electron chi connectivity index (χ2n) is 5.69. The number of esters is 2. The van der Waals surface area contributed by atoms with E-state index in [0.29, 0.717) is 5.56 Å². The second-order valence-corrected chi connectivity index (χ2v) is 5.69. The predicted octanol–water partition coefficient (Wildman–Crippen LogP) is 3.42. The number of carbonyl (C=O) groups is 3. The minimum absolute atomic E-state index is 0.216. The Bertz CT molecular complexity index is 1010. The average molecular weight is 363 g/mol. The van der Waals surface area contributed by atoms with Crippen molar-refractivity contribution >= 4 is 34.3 Å². The Morgan fingerprint density at radius 2 is 1.48 bits per heavy atom. The Morgan fingerprint density at radius 1 is 0.815 bits per heavy atom. The van der Waals surface area contributed by atoms with Gasteiger partial charge in [-0.05, 0) is 29.0 Å². The molecule has 0 radical (unpaired) electrons. The number of para-hydroxylation sites is 1. The molecule has 0 unspecified atom stereocenters. The van der Waals surface area contributed by atoms with Gasteiger partial charge in [-0.25, -0.2) is 9.59 Å². The van der Waals surface area contributed by atoms with Crippen LogP contribution < -0.4 is 5.32 Å². The molecule has 0 fully saturated rings. The largest absolute Gasteiger partial charge is 0.465 e. The van der Waals surface area contributed by atoms with E-state index in [9.17, 15) is 14.4 Å². The summed E-state index contributed by atoms with van der Waals surface area (Å²) in [6.45, 7) is -0.475. The van der Waals surface area contributed by atoms with Crippen LogP contribution in [0.25, 0.3) is 10.8 Å². The smallest absolute Gasteiger partial charge is 0.339 e. The summed E-state index contributed by atoms with van der Waals surface area (Å²) in [5.74, 6) is -1.72. The van der Waals surface area contributed by atoms with Gasteiger partial charge in [-0.1, -0.05) is 48.5 Å². The van der Waals surface area contributed by atoms with E-state index in [-0.39, 0.29) is 11.3 Å². The van der Waals surface area contributed by atoms with Gasteiger partial charge in [0.15, 0.2) is 6.61 Å². The maximum absolute atomic E-state index is 12.4. The highest BCUT2D eigenvalue weighted by molar-refractivity contribution is 6.06. The number of nitrogens with one attached hydrogen (secondary N) is 1. The zero-order chi connectivity index (χ0) is 19.2. The summed E-state index contributed by atoms with van der Waals surface area (Å²) in [6.07, 6.45) is 0. The van der Waals surface area contributed by atoms with E-state index in [4.69, 9.17) is 4.74 Å². The van der Waals surface area contributed by atoms with Gasteiger partial charge in [0.2, 0.25) is 0 Å². The van der Waals surface area contributed by atoms with Crippen molar-refractivity contribution in [3.63, 3.8) is 0 Å². The van der Waals surface area contributed by atoms with E-state index in [2.05, 4.69) is 10.1 Å². The normalized spacial score (nSPS) is 10.3. The predicted molar refractivity (Wildman–Crippen MR) is 101 cm³/mol. The van der Waals surface area contributed by atoms with Gasteiger partial charge in [0.25, 0.3) is 5.91 Å². The van der Waals surface area contributed by atoms with Crippen LogP contribution in [0.2, 0.25) is 0 Å². The third kappa shape index (κ3) is 4.12. The zero-order valence-corrected chi connectivity index (χ0v) is 14.6. The molecular formula is C21H17NO5. The first-order chi connectivity index (χ1) is 13.1. The third-order valence-electron chi connectivity index (χ3n) is 3.95. The summed E-state index contributed by atoms with van der Waals surface area (Å²) in [4.78, 5) is 36.2. The first-order valence-corrected chi connectivity index (χ1v) is 8.22. The summed E-state index contributed by atoms with van der Waals surface area (Å²) >= 11 is 0. The Morgan fingerprint density at radius 3 is 2.30 bits per heavy atom. The highest BCUT2D eigenvalue weighted by Gasteiger charge is 2.16. The van der Waals surface area contributed by atoms with E-state index in [1.54, 1.807) is 30.3 Å². The lowest BCUT2D eigenvalue weighted by molar-refractivity contribution is -0.119. The summed E-state index contributed by atoms with van der Waals surface area (Å²) in [5.41, 5.74) is 0.889. The first kappa shape index (κ1) is 18.1. The number of carbonyl (C=O) groups excluding carboxylic acids is 3. The van der Waals surface area contributed by atoms with Crippen molar-refractivity contribution in [2.75, 3.05) is 19.0 Å². The van der Waals surface area contributed by atoms with E-state index < -0.39 is 24.5 Å². The minimum Gasteiger partial charge on any atom is -0.465 e. The van der Waals surface area contributed by atoms with Crippen LogP contribution in [0.5, 0.6) is 0 Å². The molecule has 6 heteroatoms. The van der Waals surface area contributed by atoms with Crippen molar-refractivity contribution in [2.24, 2.45) is 0 Å². The summed E-state index contributed by atoms with van der Waals surface area (Å²) in [6, 6.07) is 19.1. The molecule has 3 aromatic rings. The quantitative estimate of drug-likeness (QED) is 0.703. The van der Waals surface area contributed by atoms with Gasteiger partial charge >= 0.3 is 11.9 Å². The Hall–Kier alpha value is -3.67. The fourth-order valence-electron chi connectivity index (χ4n) is 2.68. The molecule has 0 bridgehead atoms. The number of amides is 1. The molecule has 1 N–H and O–H groups in total. The van der Waals surface area contributed by atoms with Crippen molar-refractivity contribution < 1.29 is 23.9 Å². The summed E-state index contributed by atoms with van der Waals surface area (Å²) < 4.78 is 9.81. The van der Waals surface area contributed by atoms with Gasteiger partial charge in [-0.15, -0.1) is 0 Å². The van der Waals surface area contributed by atoms with Crippen molar-refractivity contribution in [1.29, 1.82) is 0 Å². The molecule has 0 spiro atoms. The minimum atomic E-state index is -0.594. The molecule has 3 rings (SSSR count). The van der Waals surface area contributed by atoms with Gasteiger partial charge in [-0.2, -0.15) is 0 Å². The standard InChI is InChI=1S/C21H17NO5/c1-26-20(24)17-10-4-5-12-18(17)22-19(23)13-27-21(25)16-11-6-8-14-7-2-3-9-15(14)16/h2-12H,13H2,1H3,(H,22,23). The number of ether oxygens (including phenoxy) is 2. The lowest BCUT2D eigenvalue weighted by Crippen LogP contribution is -2.22. The van der Waals surface area contributed by atoms with Gasteiger partial charge < -0.3 is 14.8 Å². The molecule has 3 aromatic carbocycles. The fraction of sp³-hybridized carbons (Fsp3) is 0.0952. The lowest BCUT2D eigenvalue weighted by atomic mass is 10.1. The average Bonchev–Trinajstić information content (AvgIpc) is 2.71. The molecular weight excluding hydrogens is 346 g/mol. The maximum atomic E-state index is 12.4. The monoisotopic (exact) mass is 363 g/mol. The Balaban J connectivity index is 1.68. The zero-order valence-electron chi connectivity index (χ0n) is 14.6. The van der Waals surface area contributed by atoms with Gasteiger partial charge in [0.1, 0.15) is 0 Å². The van der Waals surface area contributed by atoms with Crippen LogP contribution in [0.4, 0.5) is 5.69 Å². The summed E-state index contributed by atoms with van der Waals surface area (Å²) in [7, 11) is 1.26. The van der Waals surface area contributed by atoms with E-state index in [0.717, 1.165) is 10.8 Å². The topological polar surface area (TPSA) is 81.7 Å². The molecule has 136 valence electrons. The molecule has 1 amide bonds. The molecule has 27 heavy (non-hydrogen) atoms. The van der Waals surface area contributed by atoms with E-state index in [1.165, 1.54) is 13.2 Å². The number of methoxy groups -OCH3 is 1. The van der Waals surface area contributed by atoms with E-state index >= 15 is 0 Å². The molecule has 0 aromatic heterocycles. The number of rotatable bonds is 5. The first-order valence-electron chi connectivity index (χ1n) is 8.22. The lowest BCUT2D eigenvalue weighted by Gasteiger charge is -2.10. The van der Waals surface area contributed by atoms with Gasteiger partial charge in [-0.3, -0.25) is 4.79 Å². The molecule has 0 aliphatic rings. The van der Waals surface area contributed by atoms with Crippen LogP contribution in [0.1, 0.15) is 20.7 Å². The number of hydrogen-bond donors (Lipinski definition) is 1. The summed E-state index contributed by atoms with van der Waals surface area (Å²) in [5, 5.41) is 4.21. The van der Waals surface area contributed by atoms with Crippen LogP contribution in [0.3, 0.4) is 0 Å². The van der Waals surface area contributed by atoms with Crippen molar-refractivity contribution in [3.8, 4) is 0 Å². The van der Waals surface area contributed by atoms with E-state index in [1.807, 2.05) is 30.3 Å². The van der Waals surface area contributed by atoms with Crippen molar-refractivity contribution in [2.45, 2.75) is 0 Å². The number of fused-ring (bicyclic) bond motifs is 1. The molecule has 0 aliphatic heterocycles. The van der Waals surface area contributed by atoms with Crippen LogP contribution in [0.15, 0.2) is 66.7 Å². The maximum Gasteiger partial charge on any atom is 0.339 e. The number of benzene rings is 3. The third-order valence-corrected chi connectivity index (χ3v) is 3.95. The molecule has 0 saturated heterocycles. The number of hydrogen-bond acceptors (Lipinski definition) is 5. The Kier molecular flexibility index (Phi) is 5.47. The van der Waals surface area contributed by atoms with Crippen LogP contribution in [0, 0.1) is 0 Å². The van der Waals surface area contributed by atoms with Gasteiger partial charge in [0, 0.05) is 0 Å². The SMILES string of the molecule is COC(=O)c1ccccc1NC(=O)COC(=O)c1cccc2ccccc12. The Labute approximate surface area is 155 Å². The molecule has 0 aliphatic carbocycles. The van der Waals surface area contributed by atoms with Crippen molar-refractivity contribution in [1.82, 2.24) is 0 Å². The van der Waals surface area contributed by atoms with Crippen LogP contribution in [-0.2, 0) is 14.3 Å². The van der Waals surface area contributed by atoms with Crippen LogP contribution in [-0.4, -0.2) is 31.6 Å². The number of anilines is 1. The van der Waals surface area contributed by atoms with Gasteiger partial charge in [0.05, 0.1) is 23.9 Å². The molecule has 0 heterocycles. The van der Waals surface area contributed by atoms with Crippen LogP contribution >= 0.6 is 0 Å². The highest BCUT2D eigenvalue weighted by atomic mass is 16.5. The highest BCUT2D eigenvalue weighted by Crippen LogP contribution is 2.19. The molecule has 6 nitrogen and oxygen atoms in total. The second kappa shape index (κ2) is 8.14. The van der Waals surface area contributed by atoms with Crippen molar-refractivity contribution in [3.05, 3.63) is 77.9 Å². The molecule has 0 atom stereocenters. The molecule has 0 saturated carbocycles. The fourth-order valence-corrected chi connectivity index (χ4v) is 2.68.